The first-order chi connectivity index (χ1) is 11.0. The quantitative estimate of drug-likeness (QED) is 0.812. The molecule has 0 aliphatic heterocycles. The monoisotopic (exact) mass is 352 g/mol. The number of anilines is 2. The van der Waals surface area contributed by atoms with E-state index in [0.29, 0.717) is 34.0 Å². The molecule has 0 radical (unpaired) electrons. The molecule has 2 N–H and O–H groups in total. The molecule has 0 fully saturated rings. The van der Waals surface area contributed by atoms with Crippen molar-refractivity contribution >= 4 is 40.6 Å². The van der Waals surface area contributed by atoms with Crippen molar-refractivity contribution in [3.8, 4) is 0 Å². The SMILES string of the molecule is CC(C)CCNC(=O)c1ccc(Nc2c(Cl)cccc2Cl)nn1. The van der Waals surface area contributed by atoms with Crippen molar-refractivity contribution in [3.05, 3.63) is 46.1 Å². The zero-order valence-corrected chi connectivity index (χ0v) is 14.4. The number of halogens is 2. The van der Waals surface area contributed by atoms with Crippen LogP contribution in [0, 0.1) is 5.92 Å². The molecule has 0 atom stereocenters. The van der Waals surface area contributed by atoms with E-state index in [1.54, 1.807) is 30.3 Å². The van der Waals surface area contributed by atoms with Crippen LogP contribution in [0.1, 0.15) is 30.8 Å². The minimum absolute atomic E-state index is 0.236. The number of rotatable bonds is 6. The summed E-state index contributed by atoms with van der Waals surface area (Å²) in [6.07, 6.45) is 0.920. The Balaban J connectivity index is 2.01. The minimum atomic E-state index is -0.236. The number of benzene rings is 1. The highest BCUT2D eigenvalue weighted by molar-refractivity contribution is 6.39. The van der Waals surface area contributed by atoms with E-state index in [1.165, 1.54) is 0 Å². The molecule has 2 rings (SSSR count). The smallest absolute Gasteiger partial charge is 0.271 e. The molecule has 0 aliphatic rings. The van der Waals surface area contributed by atoms with Gasteiger partial charge in [-0.15, -0.1) is 10.2 Å². The van der Waals surface area contributed by atoms with Crippen molar-refractivity contribution in [2.75, 3.05) is 11.9 Å². The molecular weight excluding hydrogens is 335 g/mol. The number of carbonyl (C=O) groups is 1. The largest absolute Gasteiger partial charge is 0.351 e. The number of carbonyl (C=O) groups excluding carboxylic acids is 1. The number of nitrogens with one attached hydrogen (secondary N) is 2. The molecule has 122 valence electrons. The van der Waals surface area contributed by atoms with Crippen LogP contribution < -0.4 is 10.6 Å². The van der Waals surface area contributed by atoms with Gasteiger partial charge in [0, 0.05) is 6.54 Å². The molecular formula is C16H18Cl2N4O. The van der Waals surface area contributed by atoms with Gasteiger partial charge in [0.05, 0.1) is 15.7 Å². The van der Waals surface area contributed by atoms with Gasteiger partial charge < -0.3 is 10.6 Å². The average molecular weight is 353 g/mol. The van der Waals surface area contributed by atoms with Crippen LogP contribution >= 0.6 is 23.2 Å². The summed E-state index contributed by atoms with van der Waals surface area (Å²) < 4.78 is 0. The van der Waals surface area contributed by atoms with Crippen molar-refractivity contribution in [1.29, 1.82) is 0 Å². The Morgan fingerprint density at radius 3 is 2.39 bits per heavy atom. The van der Waals surface area contributed by atoms with Gasteiger partial charge in [0.2, 0.25) is 0 Å². The van der Waals surface area contributed by atoms with Gasteiger partial charge in [0.25, 0.3) is 5.91 Å². The Hall–Kier alpha value is -1.85. The number of amides is 1. The van der Waals surface area contributed by atoms with Crippen LogP contribution in [0.5, 0.6) is 0 Å². The van der Waals surface area contributed by atoms with E-state index >= 15 is 0 Å². The molecule has 0 bridgehead atoms. The first-order valence-electron chi connectivity index (χ1n) is 7.30. The second-order valence-electron chi connectivity index (χ2n) is 5.46. The maximum Gasteiger partial charge on any atom is 0.271 e. The zero-order valence-electron chi connectivity index (χ0n) is 12.9. The third kappa shape index (κ3) is 5.08. The van der Waals surface area contributed by atoms with E-state index in [0.717, 1.165) is 6.42 Å². The van der Waals surface area contributed by atoms with E-state index < -0.39 is 0 Å². The van der Waals surface area contributed by atoms with Gasteiger partial charge in [-0.3, -0.25) is 4.79 Å². The number of para-hydroxylation sites is 1. The summed E-state index contributed by atoms with van der Waals surface area (Å²) in [5.41, 5.74) is 0.823. The van der Waals surface area contributed by atoms with Crippen LogP contribution in [0.15, 0.2) is 30.3 Å². The van der Waals surface area contributed by atoms with Crippen LogP contribution in [-0.2, 0) is 0 Å². The van der Waals surface area contributed by atoms with Crippen molar-refractivity contribution in [3.63, 3.8) is 0 Å². The van der Waals surface area contributed by atoms with Crippen molar-refractivity contribution in [2.24, 2.45) is 5.92 Å². The predicted octanol–water partition coefficient (Wildman–Crippen LogP) is 4.30. The Labute approximate surface area is 145 Å². The second kappa shape index (κ2) is 8.13. The minimum Gasteiger partial charge on any atom is -0.351 e. The fourth-order valence-electron chi connectivity index (χ4n) is 1.83. The summed E-state index contributed by atoms with van der Waals surface area (Å²) in [4.78, 5) is 11.9. The summed E-state index contributed by atoms with van der Waals surface area (Å²) in [5.74, 6) is 0.757. The van der Waals surface area contributed by atoms with Crippen LogP contribution in [0.2, 0.25) is 10.0 Å². The number of hydrogen-bond acceptors (Lipinski definition) is 4. The lowest BCUT2D eigenvalue weighted by Crippen LogP contribution is -2.26. The molecule has 5 nitrogen and oxygen atoms in total. The van der Waals surface area contributed by atoms with Gasteiger partial charge in [0.1, 0.15) is 0 Å². The van der Waals surface area contributed by atoms with Gasteiger partial charge >= 0.3 is 0 Å². The van der Waals surface area contributed by atoms with Gasteiger partial charge in [-0.2, -0.15) is 0 Å². The Kier molecular flexibility index (Phi) is 6.19. The molecule has 0 saturated heterocycles. The lowest BCUT2D eigenvalue weighted by atomic mass is 10.1. The van der Waals surface area contributed by atoms with Gasteiger partial charge in [0.15, 0.2) is 11.5 Å². The molecule has 0 aliphatic carbocycles. The highest BCUT2D eigenvalue weighted by Gasteiger charge is 2.10. The lowest BCUT2D eigenvalue weighted by Gasteiger charge is -2.09. The molecule has 0 spiro atoms. The molecule has 2 aromatic rings. The molecule has 0 unspecified atom stereocenters. The fraction of sp³-hybridized carbons (Fsp3) is 0.312. The van der Waals surface area contributed by atoms with Crippen molar-refractivity contribution in [2.45, 2.75) is 20.3 Å². The van der Waals surface area contributed by atoms with Crippen molar-refractivity contribution in [1.82, 2.24) is 15.5 Å². The number of nitrogens with zero attached hydrogens (tertiary/aromatic N) is 2. The average Bonchev–Trinajstić information content (AvgIpc) is 2.51. The first-order valence-corrected chi connectivity index (χ1v) is 8.06. The summed E-state index contributed by atoms with van der Waals surface area (Å²) in [5, 5.41) is 14.7. The number of aromatic nitrogens is 2. The zero-order chi connectivity index (χ0) is 16.8. The van der Waals surface area contributed by atoms with Crippen LogP contribution in [0.3, 0.4) is 0 Å². The van der Waals surface area contributed by atoms with Crippen LogP contribution in [-0.4, -0.2) is 22.6 Å². The van der Waals surface area contributed by atoms with Gasteiger partial charge in [-0.25, -0.2) is 0 Å². The topological polar surface area (TPSA) is 66.9 Å². The second-order valence-corrected chi connectivity index (χ2v) is 6.28. The maximum atomic E-state index is 11.9. The summed E-state index contributed by atoms with van der Waals surface area (Å²) >= 11 is 12.2. The van der Waals surface area contributed by atoms with Crippen molar-refractivity contribution < 1.29 is 4.79 Å². The maximum absolute atomic E-state index is 11.9. The standard InChI is InChI=1S/C16H18Cl2N4O/c1-10(2)8-9-19-16(23)13-6-7-14(22-21-13)20-15-11(17)4-3-5-12(15)18/h3-7,10H,8-9H2,1-2H3,(H,19,23)(H,20,22). The highest BCUT2D eigenvalue weighted by atomic mass is 35.5. The Morgan fingerprint density at radius 2 is 1.83 bits per heavy atom. The molecule has 1 aromatic heterocycles. The number of hydrogen-bond donors (Lipinski definition) is 2. The summed E-state index contributed by atoms with van der Waals surface area (Å²) in [6, 6.07) is 8.46. The highest BCUT2D eigenvalue weighted by Crippen LogP contribution is 2.31. The Bertz CT molecular complexity index is 654. The molecule has 23 heavy (non-hydrogen) atoms. The van der Waals surface area contributed by atoms with E-state index in [1.807, 2.05) is 0 Å². The Morgan fingerprint density at radius 1 is 1.13 bits per heavy atom. The molecule has 1 aromatic carbocycles. The molecule has 1 heterocycles. The normalized spacial score (nSPS) is 10.7. The summed E-state index contributed by atoms with van der Waals surface area (Å²) in [7, 11) is 0. The predicted molar refractivity (Wildman–Crippen MR) is 93.6 cm³/mol. The van der Waals surface area contributed by atoms with E-state index in [9.17, 15) is 4.79 Å². The van der Waals surface area contributed by atoms with E-state index in [-0.39, 0.29) is 11.6 Å². The van der Waals surface area contributed by atoms with Crippen LogP contribution in [0.25, 0.3) is 0 Å². The molecule has 0 saturated carbocycles. The third-order valence-electron chi connectivity index (χ3n) is 3.12. The molecule has 1 amide bonds. The third-order valence-corrected chi connectivity index (χ3v) is 3.75. The van der Waals surface area contributed by atoms with Gasteiger partial charge in [-0.1, -0.05) is 43.1 Å². The van der Waals surface area contributed by atoms with Crippen LogP contribution in [0.4, 0.5) is 11.5 Å². The van der Waals surface area contributed by atoms with Gasteiger partial charge in [-0.05, 0) is 36.6 Å². The summed E-state index contributed by atoms with van der Waals surface area (Å²) in [6.45, 7) is 4.83. The molecule has 7 heteroatoms. The first kappa shape index (κ1) is 17.5. The van der Waals surface area contributed by atoms with E-state index in [2.05, 4.69) is 34.7 Å². The lowest BCUT2D eigenvalue weighted by molar-refractivity contribution is 0.0946. The van der Waals surface area contributed by atoms with E-state index in [4.69, 9.17) is 23.2 Å². The fourth-order valence-corrected chi connectivity index (χ4v) is 2.32.